The Morgan fingerprint density at radius 3 is 2.67 bits per heavy atom. The summed E-state index contributed by atoms with van der Waals surface area (Å²) < 4.78 is 4.85. The molecule has 0 heterocycles. The normalized spacial score (nSPS) is 9.28. The van der Waals surface area contributed by atoms with Crippen molar-refractivity contribution in [2.45, 2.75) is 12.8 Å². The van der Waals surface area contributed by atoms with Crippen molar-refractivity contribution in [3.8, 4) is 12.3 Å². The van der Waals surface area contributed by atoms with Crippen LogP contribution in [0.5, 0.6) is 0 Å². The van der Waals surface area contributed by atoms with Crippen LogP contribution in [0.3, 0.4) is 0 Å². The lowest BCUT2D eigenvalue weighted by molar-refractivity contribution is -0.384. The molecule has 0 aromatic heterocycles. The second-order valence-electron chi connectivity index (χ2n) is 3.37. The lowest BCUT2D eigenvalue weighted by Crippen LogP contribution is -2.14. The molecule has 0 aliphatic rings. The number of benzene rings is 1. The molecular weight excluding hydrogens is 236 g/mol. The van der Waals surface area contributed by atoms with E-state index in [1.165, 1.54) is 24.3 Å². The number of amides is 1. The highest BCUT2D eigenvalue weighted by atomic mass is 16.6. The number of nitro benzene ring substituents is 1. The summed E-state index contributed by atoms with van der Waals surface area (Å²) in [6, 6.07) is 5.46. The molecule has 0 radical (unpaired) electrons. The third-order valence-electron chi connectivity index (χ3n) is 2.02. The maximum Gasteiger partial charge on any atom is 0.411 e. The minimum atomic E-state index is -0.610. The molecular formula is C12H12N2O4. The first-order valence-corrected chi connectivity index (χ1v) is 5.25. The topological polar surface area (TPSA) is 81.5 Å². The Morgan fingerprint density at radius 1 is 1.44 bits per heavy atom. The van der Waals surface area contributed by atoms with Crippen LogP contribution < -0.4 is 5.32 Å². The number of nitrogens with one attached hydrogen (secondary N) is 1. The standard InChI is InChI=1S/C12H12N2O4/c1-2-3-4-9-18-12(15)13-10-5-7-11(8-6-10)14(16)17/h1,5-8H,3-4,9H2,(H,13,15). The van der Waals surface area contributed by atoms with Crippen molar-refractivity contribution in [3.63, 3.8) is 0 Å². The Kier molecular flexibility index (Phi) is 5.19. The van der Waals surface area contributed by atoms with Gasteiger partial charge in [-0.05, 0) is 18.6 Å². The molecule has 0 aliphatic heterocycles. The Bertz CT molecular complexity index is 462. The van der Waals surface area contributed by atoms with E-state index >= 15 is 0 Å². The van der Waals surface area contributed by atoms with Gasteiger partial charge in [-0.1, -0.05) is 0 Å². The number of unbranched alkanes of at least 4 members (excludes halogenated alkanes) is 1. The summed E-state index contributed by atoms with van der Waals surface area (Å²) in [6.07, 6.45) is 5.58. The van der Waals surface area contributed by atoms with Gasteiger partial charge in [0.05, 0.1) is 11.5 Å². The number of hydrogen-bond donors (Lipinski definition) is 1. The quantitative estimate of drug-likeness (QED) is 0.376. The Morgan fingerprint density at radius 2 is 2.11 bits per heavy atom. The van der Waals surface area contributed by atoms with Gasteiger partial charge in [-0.2, -0.15) is 0 Å². The molecule has 0 fully saturated rings. The number of anilines is 1. The summed E-state index contributed by atoms with van der Waals surface area (Å²) in [5.74, 6) is 2.43. The van der Waals surface area contributed by atoms with Gasteiger partial charge < -0.3 is 4.74 Å². The average Bonchev–Trinajstić information content (AvgIpc) is 2.35. The number of carbonyl (C=O) groups is 1. The fourth-order valence-corrected chi connectivity index (χ4v) is 1.16. The van der Waals surface area contributed by atoms with E-state index in [1.54, 1.807) is 0 Å². The maximum absolute atomic E-state index is 11.3. The highest BCUT2D eigenvalue weighted by Crippen LogP contribution is 2.15. The molecule has 94 valence electrons. The predicted molar refractivity (Wildman–Crippen MR) is 66.1 cm³/mol. The summed E-state index contributed by atoms with van der Waals surface area (Å²) in [5, 5.41) is 12.9. The zero-order valence-corrected chi connectivity index (χ0v) is 9.59. The van der Waals surface area contributed by atoms with Crippen LogP contribution in [-0.4, -0.2) is 17.6 Å². The van der Waals surface area contributed by atoms with Gasteiger partial charge in [-0.3, -0.25) is 15.4 Å². The third-order valence-corrected chi connectivity index (χ3v) is 2.02. The molecule has 18 heavy (non-hydrogen) atoms. The number of terminal acetylenes is 1. The lowest BCUT2D eigenvalue weighted by atomic mass is 10.3. The van der Waals surface area contributed by atoms with Crippen molar-refractivity contribution in [3.05, 3.63) is 34.4 Å². The molecule has 6 heteroatoms. The van der Waals surface area contributed by atoms with E-state index in [0.717, 1.165) is 0 Å². The molecule has 0 spiro atoms. The monoisotopic (exact) mass is 248 g/mol. The molecule has 0 saturated carbocycles. The summed E-state index contributed by atoms with van der Waals surface area (Å²) in [4.78, 5) is 21.2. The van der Waals surface area contributed by atoms with Crippen LogP contribution in [0.4, 0.5) is 16.2 Å². The van der Waals surface area contributed by atoms with E-state index in [-0.39, 0.29) is 12.3 Å². The lowest BCUT2D eigenvalue weighted by Gasteiger charge is -2.05. The third kappa shape index (κ3) is 4.53. The van der Waals surface area contributed by atoms with Gasteiger partial charge in [-0.25, -0.2) is 4.79 Å². The van der Waals surface area contributed by atoms with E-state index in [4.69, 9.17) is 11.2 Å². The number of hydrogen-bond acceptors (Lipinski definition) is 4. The van der Waals surface area contributed by atoms with Gasteiger partial charge in [0.2, 0.25) is 0 Å². The van der Waals surface area contributed by atoms with E-state index in [9.17, 15) is 14.9 Å². The minimum absolute atomic E-state index is 0.0389. The van der Waals surface area contributed by atoms with Crippen molar-refractivity contribution >= 4 is 17.5 Å². The second-order valence-corrected chi connectivity index (χ2v) is 3.37. The second kappa shape index (κ2) is 6.91. The number of nitrogens with zero attached hydrogens (tertiary/aromatic N) is 1. The maximum atomic E-state index is 11.3. The fourth-order valence-electron chi connectivity index (χ4n) is 1.16. The molecule has 0 aliphatic carbocycles. The van der Waals surface area contributed by atoms with Crippen LogP contribution in [0, 0.1) is 22.5 Å². The molecule has 0 unspecified atom stereocenters. The van der Waals surface area contributed by atoms with E-state index in [0.29, 0.717) is 18.5 Å². The van der Waals surface area contributed by atoms with Gasteiger partial charge >= 0.3 is 6.09 Å². The first-order valence-electron chi connectivity index (χ1n) is 5.25. The molecule has 1 rings (SSSR count). The molecule has 1 N–H and O–H groups in total. The average molecular weight is 248 g/mol. The number of carbonyl (C=O) groups excluding carboxylic acids is 1. The van der Waals surface area contributed by atoms with Gasteiger partial charge in [0.25, 0.3) is 5.69 Å². The van der Waals surface area contributed by atoms with Gasteiger partial charge in [0.1, 0.15) is 0 Å². The molecule has 0 saturated heterocycles. The Labute approximate surface area is 104 Å². The van der Waals surface area contributed by atoms with Gasteiger partial charge in [0, 0.05) is 24.2 Å². The van der Waals surface area contributed by atoms with Crippen molar-refractivity contribution in [1.82, 2.24) is 0 Å². The van der Waals surface area contributed by atoms with Crippen molar-refractivity contribution in [1.29, 1.82) is 0 Å². The number of ether oxygens (including phenoxy) is 1. The Balaban J connectivity index is 2.40. The summed E-state index contributed by atoms with van der Waals surface area (Å²) in [6.45, 7) is 0.239. The van der Waals surface area contributed by atoms with E-state index in [2.05, 4.69) is 11.2 Å². The molecule has 0 bridgehead atoms. The van der Waals surface area contributed by atoms with Crippen LogP contribution in [0.15, 0.2) is 24.3 Å². The van der Waals surface area contributed by atoms with Crippen LogP contribution in [-0.2, 0) is 4.74 Å². The fraction of sp³-hybridized carbons (Fsp3) is 0.250. The highest BCUT2D eigenvalue weighted by Gasteiger charge is 2.06. The van der Waals surface area contributed by atoms with Crippen molar-refractivity contribution < 1.29 is 14.5 Å². The van der Waals surface area contributed by atoms with Crippen LogP contribution in [0.25, 0.3) is 0 Å². The van der Waals surface area contributed by atoms with Gasteiger partial charge in [-0.15, -0.1) is 12.3 Å². The largest absolute Gasteiger partial charge is 0.449 e. The minimum Gasteiger partial charge on any atom is -0.449 e. The summed E-state index contributed by atoms with van der Waals surface area (Å²) >= 11 is 0. The number of rotatable bonds is 5. The molecule has 0 atom stereocenters. The van der Waals surface area contributed by atoms with E-state index in [1.807, 2.05) is 0 Å². The van der Waals surface area contributed by atoms with Crippen LogP contribution >= 0.6 is 0 Å². The van der Waals surface area contributed by atoms with E-state index < -0.39 is 11.0 Å². The van der Waals surface area contributed by atoms with Crippen molar-refractivity contribution in [2.24, 2.45) is 0 Å². The number of nitro groups is 1. The molecule has 6 nitrogen and oxygen atoms in total. The summed E-state index contributed by atoms with van der Waals surface area (Å²) in [7, 11) is 0. The zero-order chi connectivity index (χ0) is 13.4. The SMILES string of the molecule is C#CCCCOC(=O)Nc1ccc([N+](=O)[O-])cc1. The molecule has 1 amide bonds. The van der Waals surface area contributed by atoms with Crippen LogP contribution in [0.2, 0.25) is 0 Å². The van der Waals surface area contributed by atoms with Gasteiger partial charge in [0.15, 0.2) is 0 Å². The molecule has 1 aromatic rings. The zero-order valence-electron chi connectivity index (χ0n) is 9.59. The Hall–Kier alpha value is -2.55. The molecule has 1 aromatic carbocycles. The van der Waals surface area contributed by atoms with Crippen LogP contribution in [0.1, 0.15) is 12.8 Å². The first-order chi connectivity index (χ1) is 8.63. The summed E-state index contributed by atoms with van der Waals surface area (Å²) in [5.41, 5.74) is 0.394. The highest BCUT2D eigenvalue weighted by molar-refractivity contribution is 5.84. The number of non-ortho nitro benzene ring substituents is 1. The van der Waals surface area contributed by atoms with Crippen molar-refractivity contribution in [2.75, 3.05) is 11.9 Å². The first kappa shape index (κ1) is 13.5. The predicted octanol–water partition coefficient (Wildman–Crippen LogP) is 2.56. The smallest absolute Gasteiger partial charge is 0.411 e.